The van der Waals surface area contributed by atoms with Gasteiger partial charge >= 0.3 is 0 Å². The van der Waals surface area contributed by atoms with Crippen molar-refractivity contribution in [1.82, 2.24) is 15.1 Å². The van der Waals surface area contributed by atoms with E-state index in [1.807, 2.05) is 0 Å². The molecule has 0 aliphatic heterocycles. The molecule has 1 aromatic carbocycles. The molecule has 0 saturated heterocycles. The van der Waals surface area contributed by atoms with Gasteiger partial charge in [-0.2, -0.15) is 5.10 Å². The Bertz CT molecular complexity index is 665. The number of methoxy groups -OCH3 is 1. The van der Waals surface area contributed by atoms with Crippen molar-refractivity contribution in [2.75, 3.05) is 25.6 Å². The zero-order chi connectivity index (χ0) is 16.7. The summed E-state index contributed by atoms with van der Waals surface area (Å²) >= 11 is 8.64. The van der Waals surface area contributed by atoms with E-state index in [2.05, 4.69) is 31.7 Å². The second-order valence-electron chi connectivity index (χ2n) is 4.84. The van der Waals surface area contributed by atoms with Gasteiger partial charge in [0.1, 0.15) is 5.82 Å². The number of rotatable bonds is 7. The van der Waals surface area contributed by atoms with Crippen LogP contribution in [-0.4, -0.2) is 35.2 Å². The van der Waals surface area contributed by atoms with E-state index in [4.69, 9.17) is 17.0 Å². The van der Waals surface area contributed by atoms with Gasteiger partial charge < -0.3 is 15.4 Å². The normalized spacial score (nSPS) is 10.6. The van der Waals surface area contributed by atoms with Crippen molar-refractivity contribution < 1.29 is 9.13 Å². The topological polar surface area (TPSA) is 51.1 Å². The number of hydrogen-bond acceptors (Lipinski definition) is 3. The molecule has 0 spiro atoms. The third kappa shape index (κ3) is 5.56. The predicted octanol–water partition coefficient (Wildman–Crippen LogP) is 3.16. The van der Waals surface area contributed by atoms with Gasteiger partial charge in [0.25, 0.3) is 0 Å². The molecule has 0 saturated carbocycles. The first-order valence-electron chi connectivity index (χ1n) is 7.10. The standard InChI is InChI=1S/C15H18BrFN4OS/c1-22-8-4-7-18-15(23)19-14-12(16)10-21(20-14)9-11-5-2-3-6-13(11)17/h2-3,5-6,10H,4,7-9H2,1H3,(H2,18,19,20,23). The molecule has 0 atom stereocenters. The average Bonchev–Trinajstić information content (AvgIpc) is 2.86. The minimum atomic E-state index is -0.246. The summed E-state index contributed by atoms with van der Waals surface area (Å²) in [5.74, 6) is 0.342. The highest BCUT2D eigenvalue weighted by Gasteiger charge is 2.10. The van der Waals surface area contributed by atoms with E-state index in [-0.39, 0.29) is 5.82 Å². The Morgan fingerprint density at radius 2 is 2.22 bits per heavy atom. The zero-order valence-corrected chi connectivity index (χ0v) is 15.1. The summed E-state index contributed by atoms with van der Waals surface area (Å²) in [6, 6.07) is 6.64. The Labute approximate surface area is 148 Å². The molecule has 2 aromatic rings. The molecular weight excluding hydrogens is 383 g/mol. The van der Waals surface area contributed by atoms with Crippen molar-refractivity contribution in [2.45, 2.75) is 13.0 Å². The average molecular weight is 401 g/mol. The van der Waals surface area contributed by atoms with Gasteiger partial charge in [-0.3, -0.25) is 4.68 Å². The molecule has 2 rings (SSSR count). The van der Waals surface area contributed by atoms with E-state index in [1.54, 1.807) is 36.2 Å². The van der Waals surface area contributed by atoms with Crippen LogP contribution in [0.3, 0.4) is 0 Å². The Morgan fingerprint density at radius 3 is 2.96 bits per heavy atom. The summed E-state index contributed by atoms with van der Waals surface area (Å²) in [7, 11) is 1.66. The maximum absolute atomic E-state index is 13.7. The van der Waals surface area contributed by atoms with Crippen LogP contribution in [0.15, 0.2) is 34.9 Å². The van der Waals surface area contributed by atoms with Crippen LogP contribution in [-0.2, 0) is 11.3 Å². The molecule has 0 radical (unpaired) electrons. The van der Waals surface area contributed by atoms with E-state index in [9.17, 15) is 4.39 Å². The zero-order valence-electron chi connectivity index (χ0n) is 12.7. The molecule has 1 heterocycles. The third-order valence-electron chi connectivity index (χ3n) is 3.05. The highest BCUT2D eigenvalue weighted by Crippen LogP contribution is 2.21. The summed E-state index contributed by atoms with van der Waals surface area (Å²) in [5, 5.41) is 10.9. The number of nitrogens with one attached hydrogen (secondary N) is 2. The summed E-state index contributed by atoms with van der Waals surface area (Å²) in [5.41, 5.74) is 0.578. The lowest BCUT2D eigenvalue weighted by Gasteiger charge is -2.08. The molecule has 0 amide bonds. The minimum Gasteiger partial charge on any atom is -0.385 e. The molecule has 8 heteroatoms. The van der Waals surface area contributed by atoms with Crippen LogP contribution in [0.2, 0.25) is 0 Å². The minimum absolute atomic E-state index is 0.246. The van der Waals surface area contributed by atoms with E-state index >= 15 is 0 Å². The van der Waals surface area contributed by atoms with Gasteiger partial charge in [-0.1, -0.05) is 18.2 Å². The highest BCUT2D eigenvalue weighted by atomic mass is 79.9. The van der Waals surface area contributed by atoms with Crippen molar-refractivity contribution in [2.24, 2.45) is 0 Å². The van der Waals surface area contributed by atoms with Crippen LogP contribution in [0.1, 0.15) is 12.0 Å². The summed E-state index contributed by atoms with van der Waals surface area (Å²) < 4.78 is 21.1. The van der Waals surface area contributed by atoms with Gasteiger partial charge in [-0.15, -0.1) is 0 Å². The highest BCUT2D eigenvalue weighted by molar-refractivity contribution is 9.10. The number of hydrogen-bond donors (Lipinski definition) is 2. The smallest absolute Gasteiger partial charge is 0.172 e. The van der Waals surface area contributed by atoms with E-state index < -0.39 is 0 Å². The molecule has 5 nitrogen and oxygen atoms in total. The maximum Gasteiger partial charge on any atom is 0.172 e. The predicted molar refractivity (Wildman–Crippen MR) is 96.1 cm³/mol. The van der Waals surface area contributed by atoms with Crippen LogP contribution in [0.4, 0.5) is 10.2 Å². The fraction of sp³-hybridized carbons (Fsp3) is 0.333. The number of anilines is 1. The van der Waals surface area contributed by atoms with E-state index in [1.165, 1.54) is 6.07 Å². The van der Waals surface area contributed by atoms with Crippen LogP contribution in [0.5, 0.6) is 0 Å². The molecule has 0 fully saturated rings. The first-order valence-corrected chi connectivity index (χ1v) is 8.30. The first-order chi connectivity index (χ1) is 11.1. The summed E-state index contributed by atoms with van der Waals surface area (Å²) in [6.07, 6.45) is 2.64. The molecular formula is C15H18BrFN4OS. The molecule has 0 bridgehead atoms. The van der Waals surface area contributed by atoms with Gasteiger partial charge in [0.2, 0.25) is 0 Å². The Balaban J connectivity index is 1.93. The number of thiocarbonyl (C=S) groups is 1. The molecule has 0 aliphatic carbocycles. The van der Waals surface area contributed by atoms with Crippen molar-refractivity contribution in [3.05, 3.63) is 46.3 Å². The number of aromatic nitrogens is 2. The lowest BCUT2D eigenvalue weighted by molar-refractivity contribution is 0.196. The number of halogens is 2. The van der Waals surface area contributed by atoms with Gasteiger partial charge in [0, 0.05) is 32.0 Å². The fourth-order valence-corrected chi connectivity index (χ4v) is 2.55. The summed E-state index contributed by atoms with van der Waals surface area (Å²) in [6.45, 7) is 1.74. The lowest BCUT2D eigenvalue weighted by atomic mass is 10.2. The molecule has 1 aromatic heterocycles. The van der Waals surface area contributed by atoms with Gasteiger partial charge in [-0.05, 0) is 40.6 Å². The second-order valence-corrected chi connectivity index (χ2v) is 6.10. The van der Waals surface area contributed by atoms with Crippen LogP contribution >= 0.6 is 28.1 Å². The number of benzene rings is 1. The van der Waals surface area contributed by atoms with Gasteiger partial charge in [-0.25, -0.2) is 4.39 Å². The van der Waals surface area contributed by atoms with Crippen LogP contribution < -0.4 is 10.6 Å². The van der Waals surface area contributed by atoms with Crippen molar-refractivity contribution >= 4 is 39.1 Å². The summed E-state index contributed by atoms with van der Waals surface area (Å²) in [4.78, 5) is 0. The van der Waals surface area contributed by atoms with E-state index in [0.29, 0.717) is 36.2 Å². The van der Waals surface area contributed by atoms with Crippen LogP contribution in [0, 0.1) is 5.82 Å². The first kappa shape index (κ1) is 17.8. The van der Waals surface area contributed by atoms with Gasteiger partial charge in [0.15, 0.2) is 10.9 Å². The monoisotopic (exact) mass is 400 g/mol. The fourth-order valence-electron chi connectivity index (χ4n) is 1.93. The molecule has 124 valence electrons. The van der Waals surface area contributed by atoms with Gasteiger partial charge in [0.05, 0.1) is 11.0 Å². The molecule has 0 aliphatic rings. The lowest BCUT2D eigenvalue weighted by Crippen LogP contribution is -2.30. The molecule has 2 N–H and O–H groups in total. The van der Waals surface area contributed by atoms with Crippen LogP contribution in [0.25, 0.3) is 0 Å². The van der Waals surface area contributed by atoms with Crippen molar-refractivity contribution in [3.8, 4) is 0 Å². The maximum atomic E-state index is 13.7. The Kier molecular flexibility index (Phi) is 6.94. The van der Waals surface area contributed by atoms with E-state index in [0.717, 1.165) is 10.9 Å². The molecule has 0 unspecified atom stereocenters. The number of nitrogens with zero attached hydrogens (tertiary/aromatic N) is 2. The Hall–Kier alpha value is -1.51. The number of ether oxygens (including phenoxy) is 1. The van der Waals surface area contributed by atoms with Crippen molar-refractivity contribution in [3.63, 3.8) is 0 Å². The largest absolute Gasteiger partial charge is 0.385 e. The Morgan fingerprint density at radius 1 is 1.43 bits per heavy atom. The quantitative estimate of drug-likeness (QED) is 0.552. The van der Waals surface area contributed by atoms with Crippen molar-refractivity contribution in [1.29, 1.82) is 0 Å². The second kappa shape index (κ2) is 8.95. The SMILES string of the molecule is COCCCNC(=S)Nc1nn(Cc2ccccc2F)cc1Br. The third-order valence-corrected chi connectivity index (χ3v) is 3.88. The molecule has 23 heavy (non-hydrogen) atoms.